The molecule has 0 fully saturated rings. The van der Waals surface area contributed by atoms with Crippen molar-refractivity contribution in [1.82, 2.24) is 4.90 Å². The Hall–Kier alpha value is -3.94. The minimum Gasteiger partial charge on any atom is -0.494 e. The molecule has 30 heavy (non-hydrogen) atoms. The first kappa shape index (κ1) is 19.4. The van der Waals surface area contributed by atoms with Crippen LogP contribution in [0.3, 0.4) is 0 Å². The highest BCUT2D eigenvalue weighted by Gasteiger charge is 2.36. The molecule has 7 nitrogen and oxygen atoms in total. The van der Waals surface area contributed by atoms with Crippen LogP contribution in [0.1, 0.15) is 42.4 Å². The van der Waals surface area contributed by atoms with Gasteiger partial charge in [-0.15, -0.1) is 0 Å². The van der Waals surface area contributed by atoms with E-state index in [9.17, 15) is 18.8 Å². The van der Waals surface area contributed by atoms with Crippen LogP contribution >= 0.6 is 0 Å². The van der Waals surface area contributed by atoms with E-state index in [2.05, 4.69) is 0 Å². The topological polar surface area (TPSA) is 86.1 Å². The van der Waals surface area contributed by atoms with Gasteiger partial charge in [-0.05, 0) is 48.0 Å². The van der Waals surface area contributed by atoms with Crippen molar-refractivity contribution in [3.05, 3.63) is 88.6 Å². The van der Waals surface area contributed by atoms with Gasteiger partial charge < -0.3 is 13.9 Å². The number of hydrogen-bond acceptors (Lipinski definition) is 6. The number of furan rings is 1. The van der Waals surface area contributed by atoms with Gasteiger partial charge in [0.15, 0.2) is 11.6 Å². The van der Waals surface area contributed by atoms with E-state index in [0.29, 0.717) is 11.3 Å². The van der Waals surface area contributed by atoms with E-state index in [1.807, 2.05) is 0 Å². The minimum atomic E-state index is -0.696. The Morgan fingerprint density at radius 2 is 1.87 bits per heavy atom. The number of fused-ring (bicyclic) bond motifs is 1. The lowest BCUT2D eigenvalue weighted by Gasteiger charge is -2.11. The molecule has 0 radical (unpaired) electrons. The van der Waals surface area contributed by atoms with Gasteiger partial charge in [0.05, 0.1) is 36.6 Å². The van der Waals surface area contributed by atoms with Gasteiger partial charge in [-0.3, -0.25) is 14.5 Å². The fourth-order valence-corrected chi connectivity index (χ4v) is 3.15. The number of halogens is 1. The molecule has 0 aliphatic carbocycles. The van der Waals surface area contributed by atoms with Crippen molar-refractivity contribution in [3.63, 3.8) is 0 Å². The predicted octanol–water partition coefficient (Wildman–Crippen LogP) is 3.58. The number of methoxy groups -OCH3 is 1. The Bertz CT molecular complexity index is 1140. The first-order valence-corrected chi connectivity index (χ1v) is 9.00. The highest BCUT2D eigenvalue weighted by molar-refractivity contribution is 6.21. The second kappa shape index (κ2) is 7.82. The van der Waals surface area contributed by atoms with Crippen LogP contribution in [0.15, 0.2) is 59.2 Å². The molecule has 1 aliphatic rings. The summed E-state index contributed by atoms with van der Waals surface area (Å²) in [6, 6.07) is 11.7. The summed E-state index contributed by atoms with van der Waals surface area (Å²) in [4.78, 5) is 38.6. The Morgan fingerprint density at radius 1 is 1.07 bits per heavy atom. The standard InChI is InChI=1S/C22H16FNO6/c1-28-19-7-4-13(9-18(19)23)12-30-22(27)14-5-6-16-17(10-14)21(26)24(20(16)25)11-15-3-2-8-29-15/h2-10H,11-12H2,1H3. The molecule has 2 amide bonds. The number of nitrogens with zero attached hydrogens (tertiary/aromatic N) is 1. The summed E-state index contributed by atoms with van der Waals surface area (Å²) in [6.45, 7) is -0.156. The fourth-order valence-electron chi connectivity index (χ4n) is 3.15. The van der Waals surface area contributed by atoms with Gasteiger partial charge in [0, 0.05) is 0 Å². The maximum atomic E-state index is 13.8. The molecule has 0 spiro atoms. The van der Waals surface area contributed by atoms with Gasteiger partial charge >= 0.3 is 5.97 Å². The van der Waals surface area contributed by atoms with Crippen molar-refractivity contribution in [3.8, 4) is 5.75 Å². The third-order valence-corrected chi connectivity index (χ3v) is 4.69. The molecule has 2 aromatic carbocycles. The lowest BCUT2D eigenvalue weighted by Crippen LogP contribution is -2.28. The third kappa shape index (κ3) is 3.55. The van der Waals surface area contributed by atoms with Crippen molar-refractivity contribution in [1.29, 1.82) is 0 Å². The Labute approximate surface area is 170 Å². The first-order chi connectivity index (χ1) is 14.5. The largest absolute Gasteiger partial charge is 0.494 e. The van der Waals surface area contributed by atoms with Gasteiger partial charge in [0.2, 0.25) is 0 Å². The summed E-state index contributed by atoms with van der Waals surface area (Å²) in [7, 11) is 1.35. The van der Waals surface area contributed by atoms with E-state index in [1.165, 1.54) is 43.7 Å². The maximum Gasteiger partial charge on any atom is 0.338 e. The van der Waals surface area contributed by atoms with Gasteiger partial charge in [0.1, 0.15) is 12.4 Å². The number of carbonyl (C=O) groups excluding carboxylic acids is 3. The monoisotopic (exact) mass is 409 g/mol. The van der Waals surface area contributed by atoms with Crippen LogP contribution in [0.5, 0.6) is 5.75 Å². The number of amides is 2. The molecular formula is C22H16FNO6. The van der Waals surface area contributed by atoms with Crippen LogP contribution < -0.4 is 4.74 Å². The molecule has 0 saturated heterocycles. The summed E-state index contributed by atoms with van der Waals surface area (Å²) in [5.74, 6) is -1.68. The molecule has 0 unspecified atom stereocenters. The molecule has 0 bridgehead atoms. The minimum absolute atomic E-state index is 0.00214. The lowest BCUT2D eigenvalue weighted by atomic mass is 10.1. The van der Waals surface area contributed by atoms with E-state index in [1.54, 1.807) is 18.2 Å². The molecule has 8 heteroatoms. The molecule has 3 aromatic rings. The van der Waals surface area contributed by atoms with Crippen LogP contribution in [-0.2, 0) is 17.9 Å². The third-order valence-electron chi connectivity index (χ3n) is 4.69. The summed E-state index contributed by atoms with van der Waals surface area (Å²) in [6.07, 6.45) is 1.45. The van der Waals surface area contributed by atoms with E-state index in [0.717, 1.165) is 4.90 Å². The molecule has 152 valence electrons. The zero-order valence-electron chi connectivity index (χ0n) is 15.9. The summed E-state index contributed by atoms with van der Waals surface area (Å²) >= 11 is 0. The number of benzene rings is 2. The zero-order chi connectivity index (χ0) is 21.3. The van der Waals surface area contributed by atoms with Crippen LogP contribution in [0.25, 0.3) is 0 Å². The smallest absolute Gasteiger partial charge is 0.338 e. The van der Waals surface area contributed by atoms with Gasteiger partial charge in [-0.25, -0.2) is 9.18 Å². The highest BCUT2D eigenvalue weighted by Crippen LogP contribution is 2.26. The van der Waals surface area contributed by atoms with Gasteiger partial charge in [-0.2, -0.15) is 0 Å². The molecule has 1 aliphatic heterocycles. The van der Waals surface area contributed by atoms with E-state index >= 15 is 0 Å². The number of rotatable bonds is 6. The van der Waals surface area contributed by atoms with Crippen molar-refractivity contribution in [2.75, 3.05) is 7.11 Å². The quantitative estimate of drug-likeness (QED) is 0.457. The molecule has 4 rings (SSSR count). The Morgan fingerprint density at radius 3 is 2.57 bits per heavy atom. The van der Waals surface area contributed by atoms with Crippen molar-refractivity contribution < 1.29 is 32.7 Å². The summed E-state index contributed by atoms with van der Waals surface area (Å²) < 4.78 is 29.0. The lowest BCUT2D eigenvalue weighted by molar-refractivity contribution is 0.0472. The van der Waals surface area contributed by atoms with Gasteiger partial charge in [-0.1, -0.05) is 6.07 Å². The number of imide groups is 1. The van der Waals surface area contributed by atoms with Crippen molar-refractivity contribution >= 4 is 17.8 Å². The molecule has 1 aromatic heterocycles. The number of hydrogen-bond donors (Lipinski definition) is 0. The average molecular weight is 409 g/mol. The zero-order valence-corrected chi connectivity index (χ0v) is 15.9. The van der Waals surface area contributed by atoms with E-state index in [4.69, 9.17) is 13.9 Å². The second-order valence-corrected chi connectivity index (χ2v) is 6.58. The van der Waals surface area contributed by atoms with Crippen LogP contribution in [0.2, 0.25) is 0 Å². The summed E-state index contributed by atoms with van der Waals surface area (Å²) in [5, 5.41) is 0. The molecule has 0 N–H and O–H groups in total. The first-order valence-electron chi connectivity index (χ1n) is 9.00. The number of ether oxygens (including phenoxy) is 2. The molecule has 0 atom stereocenters. The molecular weight excluding hydrogens is 393 g/mol. The van der Waals surface area contributed by atoms with Crippen LogP contribution in [-0.4, -0.2) is 29.8 Å². The van der Waals surface area contributed by atoms with E-state index < -0.39 is 23.6 Å². The second-order valence-electron chi connectivity index (χ2n) is 6.58. The Kier molecular flexibility index (Phi) is 5.05. The predicted molar refractivity (Wildman–Crippen MR) is 101 cm³/mol. The summed E-state index contributed by atoms with van der Waals surface area (Å²) in [5.41, 5.74) is 0.888. The van der Waals surface area contributed by atoms with E-state index in [-0.39, 0.29) is 35.6 Å². The highest BCUT2D eigenvalue weighted by atomic mass is 19.1. The average Bonchev–Trinajstić information content (AvgIpc) is 3.35. The fraction of sp³-hybridized carbons (Fsp3) is 0.136. The number of esters is 1. The number of carbonyl (C=O) groups is 3. The van der Waals surface area contributed by atoms with Crippen LogP contribution in [0.4, 0.5) is 4.39 Å². The Balaban J connectivity index is 1.47. The normalized spacial score (nSPS) is 12.8. The van der Waals surface area contributed by atoms with Crippen molar-refractivity contribution in [2.45, 2.75) is 13.2 Å². The SMILES string of the molecule is COc1ccc(COC(=O)c2ccc3c(c2)C(=O)N(Cc2ccco2)C3=O)cc1F. The van der Waals surface area contributed by atoms with Crippen molar-refractivity contribution in [2.24, 2.45) is 0 Å². The molecule has 0 saturated carbocycles. The van der Waals surface area contributed by atoms with Gasteiger partial charge in [0.25, 0.3) is 11.8 Å². The maximum absolute atomic E-state index is 13.8. The van der Waals surface area contributed by atoms with Crippen LogP contribution in [0, 0.1) is 5.82 Å². The molecule has 2 heterocycles.